The van der Waals surface area contributed by atoms with Crippen molar-refractivity contribution in [2.45, 2.75) is 24.8 Å². The van der Waals surface area contributed by atoms with Gasteiger partial charge in [-0.3, -0.25) is 9.10 Å². The first-order valence-electron chi connectivity index (χ1n) is 9.57. The normalized spacial score (nSPS) is 15.8. The van der Waals surface area contributed by atoms with Crippen LogP contribution < -0.4 is 14.4 Å². The molecule has 1 aliphatic heterocycles. The molecule has 0 bridgehead atoms. The second-order valence-corrected chi connectivity index (χ2v) is 9.14. The van der Waals surface area contributed by atoms with Crippen molar-refractivity contribution in [3.8, 4) is 5.75 Å². The van der Waals surface area contributed by atoms with Crippen molar-refractivity contribution in [3.63, 3.8) is 0 Å². The molecule has 0 saturated carbocycles. The Balaban J connectivity index is 1.67. The van der Waals surface area contributed by atoms with Crippen LogP contribution in [-0.2, 0) is 14.8 Å². The Morgan fingerprint density at radius 1 is 0.967 bits per heavy atom. The first-order valence-corrected chi connectivity index (χ1v) is 11.0. The zero-order valence-electron chi connectivity index (χ0n) is 16.7. The van der Waals surface area contributed by atoms with Crippen LogP contribution in [-0.4, -0.2) is 27.0 Å². The van der Waals surface area contributed by atoms with Crippen LogP contribution in [0.1, 0.15) is 11.1 Å². The summed E-state index contributed by atoms with van der Waals surface area (Å²) >= 11 is 0. The molecule has 0 aromatic heterocycles. The molecule has 0 spiro atoms. The monoisotopic (exact) mass is 422 g/mol. The van der Waals surface area contributed by atoms with E-state index >= 15 is 0 Å². The highest BCUT2D eigenvalue weighted by Gasteiger charge is 2.37. The molecule has 0 aliphatic carbocycles. The predicted molar refractivity (Wildman–Crippen MR) is 116 cm³/mol. The molecule has 154 valence electrons. The summed E-state index contributed by atoms with van der Waals surface area (Å²) < 4.78 is 33.8. The van der Waals surface area contributed by atoms with E-state index in [1.54, 1.807) is 54.6 Å². The van der Waals surface area contributed by atoms with Crippen LogP contribution in [0.15, 0.2) is 77.7 Å². The van der Waals surface area contributed by atoms with E-state index in [1.807, 2.05) is 32.0 Å². The van der Waals surface area contributed by atoms with Gasteiger partial charge in [-0.05, 0) is 55.8 Å². The number of hydrogen-bond acceptors (Lipinski definition) is 4. The van der Waals surface area contributed by atoms with Crippen molar-refractivity contribution in [1.82, 2.24) is 0 Å². The Morgan fingerprint density at radius 2 is 1.70 bits per heavy atom. The molecule has 7 heteroatoms. The van der Waals surface area contributed by atoms with Gasteiger partial charge in [0.25, 0.3) is 15.9 Å². The Hall–Kier alpha value is -3.32. The lowest BCUT2D eigenvalue weighted by Gasteiger charge is -2.34. The standard InChI is InChI=1S/C23H22N2O4S/c1-16-10-12-19(13-11-16)30(27,28)25-15-22(29-21-9-4-3-8-20(21)25)23(26)24-18-7-5-6-17(2)14-18/h3-14,22H,15H2,1-2H3,(H,24,26). The zero-order valence-corrected chi connectivity index (χ0v) is 17.5. The summed E-state index contributed by atoms with van der Waals surface area (Å²) in [6.07, 6.45) is -0.986. The van der Waals surface area contributed by atoms with Gasteiger partial charge in [0.05, 0.1) is 17.1 Å². The Labute approximate surface area is 176 Å². The highest BCUT2D eigenvalue weighted by atomic mass is 32.2. The molecule has 30 heavy (non-hydrogen) atoms. The average molecular weight is 423 g/mol. The molecule has 0 saturated heterocycles. The molecule has 1 unspecified atom stereocenters. The van der Waals surface area contributed by atoms with E-state index in [2.05, 4.69) is 5.32 Å². The third-order valence-electron chi connectivity index (χ3n) is 4.92. The second kappa shape index (κ2) is 7.84. The van der Waals surface area contributed by atoms with Gasteiger partial charge in [0.2, 0.25) is 0 Å². The van der Waals surface area contributed by atoms with Gasteiger partial charge < -0.3 is 10.1 Å². The van der Waals surface area contributed by atoms with E-state index < -0.39 is 22.0 Å². The molecule has 1 amide bonds. The highest BCUT2D eigenvalue weighted by Crippen LogP contribution is 2.37. The predicted octanol–water partition coefficient (Wildman–Crippen LogP) is 3.90. The summed E-state index contributed by atoms with van der Waals surface area (Å²) in [7, 11) is -3.86. The topological polar surface area (TPSA) is 75.7 Å². The van der Waals surface area contributed by atoms with Crippen LogP contribution in [0.3, 0.4) is 0 Å². The Bertz CT molecular complexity index is 1190. The molecule has 1 aliphatic rings. The largest absolute Gasteiger partial charge is 0.476 e. The van der Waals surface area contributed by atoms with Crippen molar-refractivity contribution in [2.24, 2.45) is 0 Å². The summed E-state index contributed by atoms with van der Waals surface area (Å²) in [5.41, 5.74) is 3.02. The van der Waals surface area contributed by atoms with Crippen molar-refractivity contribution in [3.05, 3.63) is 83.9 Å². The number of sulfonamides is 1. The molecule has 0 fully saturated rings. The maximum atomic E-state index is 13.4. The lowest BCUT2D eigenvalue weighted by atomic mass is 10.2. The Kier molecular flexibility index (Phi) is 5.22. The van der Waals surface area contributed by atoms with Crippen LogP contribution in [0, 0.1) is 13.8 Å². The minimum atomic E-state index is -3.86. The summed E-state index contributed by atoms with van der Waals surface area (Å²) in [4.78, 5) is 13.1. The number of amides is 1. The van der Waals surface area contributed by atoms with Crippen molar-refractivity contribution in [2.75, 3.05) is 16.2 Å². The van der Waals surface area contributed by atoms with Crippen molar-refractivity contribution in [1.29, 1.82) is 0 Å². The van der Waals surface area contributed by atoms with Gasteiger partial charge >= 0.3 is 0 Å². The van der Waals surface area contributed by atoms with Gasteiger partial charge in [-0.1, -0.05) is 42.0 Å². The van der Waals surface area contributed by atoms with E-state index in [0.29, 0.717) is 17.1 Å². The maximum absolute atomic E-state index is 13.4. The van der Waals surface area contributed by atoms with Crippen molar-refractivity contribution >= 4 is 27.3 Å². The van der Waals surface area contributed by atoms with E-state index in [-0.39, 0.29) is 11.4 Å². The third-order valence-corrected chi connectivity index (χ3v) is 6.72. The number of aryl methyl sites for hydroxylation is 2. The molecule has 3 aromatic rings. The van der Waals surface area contributed by atoms with Gasteiger partial charge in [0.15, 0.2) is 6.10 Å². The number of anilines is 2. The molecule has 4 rings (SSSR count). The Morgan fingerprint density at radius 3 is 2.43 bits per heavy atom. The van der Waals surface area contributed by atoms with Gasteiger partial charge in [-0.2, -0.15) is 0 Å². The number of nitrogens with zero attached hydrogens (tertiary/aromatic N) is 1. The molecule has 3 aromatic carbocycles. The number of carbonyl (C=O) groups excluding carboxylic acids is 1. The summed E-state index contributed by atoms with van der Waals surface area (Å²) in [5, 5.41) is 2.82. The number of benzene rings is 3. The number of para-hydroxylation sites is 2. The SMILES string of the molecule is Cc1ccc(S(=O)(=O)N2CC(C(=O)Nc3cccc(C)c3)Oc3ccccc32)cc1. The third kappa shape index (κ3) is 3.89. The summed E-state index contributed by atoms with van der Waals surface area (Å²) in [5.74, 6) is -0.0527. The number of ether oxygens (including phenoxy) is 1. The summed E-state index contributed by atoms with van der Waals surface area (Å²) in [6.45, 7) is 3.70. The number of rotatable bonds is 4. The molecule has 0 radical (unpaired) electrons. The van der Waals surface area contributed by atoms with Gasteiger partial charge in [-0.25, -0.2) is 8.42 Å². The molecule has 1 heterocycles. The van der Waals surface area contributed by atoms with Gasteiger partial charge in [0.1, 0.15) is 5.75 Å². The molecular formula is C23H22N2O4S. The van der Waals surface area contributed by atoms with Crippen LogP contribution in [0.4, 0.5) is 11.4 Å². The second-order valence-electron chi connectivity index (χ2n) is 7.28. The van der Waals surface area contributed by atoms with Gasteiger partial charge in [0, 0.05) is 5.69 Å². The molecular weight excluding hydrogens is 400 g/mol. The van der Waals surface area contributed by atoms with E-state index in [0.717, 1.165) is 11.1 Å². The number of carbonyl (C=O) groups is 1. The quantitative estimate of drug-likeness (QED) is 0.692. The minimum absolute atomic E-state index is 0.120. The lowest BCUT2D eigenvalue weighted by Crippen LogP contribution is -2.48. The first kappa shape index (κ1) is 20.0. The molecule has 6 nitrogen and oxygen atoms in total. The molecule has 1 N–H and O–H groups in total. The number of nitrogens with one attached hydrogen (secondary N) is 1. The van der Waals surface area contributed by atoms with E-state index in [9.17, 15) is 13.2 Å². The average Bonchev–Trinajstić information content (AvgIpc) is 2.73. The maximum Gasteiger partial charge on any atom is 0.267 e. The first-order chi connectivity index (χ1) is 14.3. The lowest BCUT2D eigenvalue weighted by molar-refractivity contribution is -0.122. The highest BCUT2D eigenvalue weighted by molar-refractivity contribution is 7.92. The van der Waals surface area contributed by atoms with Crippen molar-refractivity contribution < 1.29 is 17.9 Å². The fourth-order valence-corrected chi connectivity index (χ4v) is 4.83. The number of fused-ring (bicyclic) bond motifs is 1. The van der Waals surface area contributed by atoms with E-state index in [1.165, 1.54) is 4.31 Å². The fourth-order valence-electron chi connectivity index (χ4n) is 3.35. The van der Waals surface area contributed by atoms with Crippen LogP contribution in [0.2, 0.25) is 0 Å². The van der Waals surface area contributed by atoms with E-state index in [4.69, 9.17) is 4.74 Å². The fraction of sp³-hybridized carbons (Fsp3) is 0.174. The summed E-state index contributed by atoms with van der Waals surface area (Å²) in [6, 6.07) is 20.9. The van der Waals surface area contributed by atoms with Crippen LogP contribution in [0.25, 0.3) is 0 Å². The smallest absolute Gasteiger partial charge is 0.267 e. The van der Waals surface area contributed by atoms with Gasteiger partial charge in [-0.15, -0.1) is 0 Å². The zero-order chi connectivity index (χ0) is 21.3. The van der Waals surface area contributed by atoms with Crippen LogP contribution >= 0.6 is 0 Å². The van der Waals surface area contributed by atoms with Crippen LogP contribution in [0.5, 0.6) is 5.75 Å². The minimum Gasteiger partial charge on any atom is -0.476 e. The molecule has 1 atom stereocenters. The number of hydrogen-bond donors (Lipinski definition) is 1.